The van der Waals surface area contributed by atoms with E-state index in [-0.39, 0.29) is 11.7 Å². The fraction of sp³-hybridized carbons (Fsp3) is 0.220. The van der Waals surface area contributed by atoms with Crippen molar-refractivity contribution >= 4 is 23.3 Å². The van der Waals surface area contributed by atoms with E-state index in [0.29, 0.717) is 67.9 Å². The Kier molecular flexibility index (Phi) is 12.7. The van der Waals surface area contributed by atoms with Crippen molar-refractivity contribution in [3.63, 3.8) is 0 Å². The molecule has 8 nitrogen and oxygen atoms in total. The molecule has 0 saturated carbocycles. The van der Waals surface area contributed by atoms with Crippen molar-refractivity contribution in [2.75, 3.05) is 25.6 Å². The maximum atomic E-state index is 13.2. The van der Waals surface area contributed by atoms with Crippen LogP contribution in [0, 0.1) is 0 Å². The molecule has 0 bridgehead atoms. The number of ether oxygens (including phenoxy) is 2. The second kappa shape index (κ2) is 18.0. The predicted octanol–water partition coefficient (Wildman–Crippen LogP) is 6.94. The van der Waals surface area contributed by atoms with Crippen molar-refractivity contribution in [2.45, 2.75) is 38.3 Å². The summed E-state index contributed by atoms with van der Waals surface area (Å²) in [6.45, 7) is 1.56. The largest absolute Gasteiger partial charge is 0.494 e. The van der Waals surface area contributed by atoms with Crippen molar-refractivity contribution in [3.8, 4) is 5.75 Å². The topological polar surface area (TPSA) is 97.8 Å². The molecule has 1 aromatic heterocycles. The van der Waals surface area contributed by atoms with Gasteiger partial charge in [-0.2, -0.15) is 0 Å². The number of anilines is 1. The number of nitrogens with zero attached hydrogens (tertiary/aromatic N) is 2. The molecule has 250 valence electrons. The number of amides is 1. The number of methoxy groups -OCH3 is 1. The number of esters is 1. The highest BCUT2D eigenvalue weighted by molar-refractivity contribution is 6.12. The predicted molar refractivity (Wildman–Crippen MR) is 190 cm³/mol. The molecule has 1 N–H and O–H groups in total. The summed E-state index contributed by atoms with van der Waals surface area (Å²) in [5.41, 5.74) is 4.62. The van der Waals surface area contributed by atoms with Crippen molar-refractivity contribution in [1.29, 1.82) is 0 Å². The SMILES string of the molecule is COC(=O)[C@H](Cc1ccc(OCCCN(Cc2ccccc2)C(=O)CCc2cccnc2)cc1)Nc1ccccc1C(=O)c1ccccc1. The van der Waals surface area contributed by atoms with Gasteiger partial charge in [-0.15, -0.1) is 0 Å². The second-order valence-electron chi connectivity index (χ2n) is 11.7. The maximum absolute atomic E-state index is 13.2. The number of nitrogens with one attached hydrogen (secondary N) is 1. The van der Waals surface area contributed by atoms with Gasteiger partial charge in [-0.1, -0.05) is 91.0 Å². The molecule has 0 unspecified atom stereocenters. The summed E-state index contributed by atoms with van der Waals surface area (Å²) in [6, 6.07) is 36.9. The van der Waals surface area contributed by atoms with Crippen LogP contribution in [-0.4, -0.2) is 53.8 Å². The number of carbonyl (C=O) groups is 3. The van der Waals surface area contributed by atoms with Gasteiger partial charge in [-0.25, -0.2) is 4.79 Å². The number of rotatable bonds is 17. The van der Waals surface area contributed by atoms with Gasteiger partial charge in [-0.3, -0.25) is 14.6 Å². The highest BCUT2D eigenvalue weighted by Crippen LogP contribution is 2.22. The lowest BCUT2D eigenvalue weighted by Crippen LogP contribution is -2.33. The number of para-hydroxylation sites is 1. The van der Waals surface area contributed by atoms with E-state index in [0.717, 1.165) is 16.7 Å². The van der Waals surface area contributed by atoms with Gasteiger partial charge < -0.3 is 19.7 Å². The van der Waals surface area contributed by atoms with Crippen LogP contribution in [0.4, 0.5) is 5.69 Å². The van der Waals surface area contributed by atoms with E-state index < -0.39 is 12.0 Å². The molecule has 0 fully saturated rings. The molecular formula is C41H41N3O5. The third kappa shape index (κ3) is 10.4. The Morgan fingerprint density at radius 1 is 0.776 bits per heavy atom. The van der Waals surface area contributed by atoms with Gasteiger partial charge in [0.15, 0.2) is 5.78 Å². The van der Waals surface area contributed by atoms with E-state index in [1.54, 1.807) is 42.7 Å². The van der Waals surface area contributed by atoms with Crippen LogP contribution in [0.2, 0.25) is 0 Å². The lowest BCUT2D eigenvalue weighted by atomic mass is 10.00. The van der Waals surface area contributed by atoms with E-state index in [2.05, 4.69) is 10.3 Å². The number of benzene rings is 4. The van der Waals surface area contributed by atoms with Gasteiger partial charge >= 0.3 is 5.97 Å². The minimum absolute atomic E-state index is 0.0953. The highest BCUT2D eigenvalue weighted by Gasteiger charge is 2.23. The Morgan fingerprint density at radius 2 is 1.47 bits per heavy atom. The van der Waals surface area contributed by atoms with Crippen molar-refractivity contribution < 1.29 is 23.9 Å². The first-order valence-corrected chi connectivity index (χ1v) is 16.5. The van der Waals surface area contributed by atoms with Gasteiger partial charge in [0.2, 0.25) is 5.91 Å². The van der Waals surface area contributed by atoms with Gasteiger partial charge in [0.1, 0.15) is 11.8 Å². The zero-order chi connectivity index (χ0) is 34.3. The lowest BCUT2D eigenvalue weighted by Gasteiger charge is -2.23. The van der Waals surface area contributed by atoms with Gasteiger partial charge in [0, 0.05) is 55.1 Å². The molecule has 1 amide bonds. The van der Waals surface area contributed by atoms with E-state index in [1.165, 1.54) is 7.11 Å². The van der Waals surface area contributed by atoms with Gasteiger partial charge in [-0.05, 0) is 59.9 Å². The molecular weight excluding hydrogens is 614 g/mol. The van der Waals surface area contributed by atoms with Crippen LogP contribution in [0.1, 0.15) is 45.5 Å². The maximum Gasteiger partial charge on any atom is 0.328 e. The first kappa shape index (κ1) is 34.6. The molecule has 0 aliphatic heterocycles. The zero-order valence-electron chi connectivity index (χ0n) is 27.7. The highest BCUT2D eigenvalue weighted by atomic mass is 16.5. The second-order valence-corrected chi connectivity index (χ2v) is 11.7. The molecule has 0 saturated heterocycles. The molecule has 0 aliphatic carbocycles. The molecule has 5 rings (SSSR count). The quantitative estimate of drug-likeness (QED) is 0.0659. The Morgan fingerprint density at radius 3 is 2.18 bits per heavy atom. The molecule has 0 spiro atoms. The van der Waals surface area contributed by atoms with Gasteiger partial charge in [0.05, 0.1) is 13.7 Å². The average Bonchev–Trinajstić information content (AvgIpc) is 3.16. The standard InChI is InChI=1S/C41H41N3O5/c1-48-41(47)38(43-37-18-9-8-17-36(37)40(46)34-15-6-3-7-16-34)28-31-19-22-35(23-20-31)49-27-11-26-44(30-33-12-4-2-5-13-33)39(45)24-21-32-14-10-25-42-29-32/h2-10,12-20,22-23,25,29,38,43H,11,21,24,26-28,30H2,1H3/t38-/m0/s1. The number of pyridine rings is 1. The molecule has 0 aliphatic rings. The third-order valence-corrected chi connectivity index (χ3v) is 8.15. The first-order chi connectivity index (χ1) is 24.0. The smallest absolute Gasteiger partial charge is 0.328 e. The molecule has 8 heteroatoms. The summed E-state index contributed by atoms with van der Waals surface area (Å²) in [5, 5.41) is 3.25. The number of carbonyl (C=O) groups excluding carboxylic acids is 3. The lowest BCUT2D eigenvalue weighted by molar-refractivity contribution is -0.141. The normalized spacial score (nSPS) is 11.3. The molecule has 0 radical (unpaired) electrons. The van der Waals surface area contributed by atoms with Crippen molar-refractivity contribution in [1.82, 2.24) is 9.88 Å². The first-order valence-electron chi connectivity index (χ1n) is 16.5. The number of aryl methyl sites for hydroxylation is 1. The van der Waals surface area contributed by atoms with E-state index in [1.807, 2.05) is 95.9 Å². The van der Waals surface area contributed by atoms with E-state index >= 15 is 0 Å². The molecule has 4 aromatic carbocycles. The van der Waals surface area contributed by atoms with Crippen LogP contribution >= 0.6 is 0 Å². The third-order valence-electron chi connectivity index (χ3n) is 8.15. The number of hydrogen-bond acceptors (Lipinski definition) is 7. The Hall–Kier alpha value is -5.76. The van der Waals surface area contributed by atoms with Crippen LogP contribution in [-0.2, 0) is 33.7 Å². The van der Waals surface area contributed by atoms with Gasteiger partial charge in [0.25, 0.3) is 0 Å². The summed E-state index contributed by atoms with van der Waals surface area (Å²) in [5.74, 6) is 0.226. The van der Waals surface area contributed by atoms with Crippen LogP contribution in [0.5, 0.6) is 5.75 Å². The molecule has 49 heavy (non-hydrogen) atoms. The Bertz CT molecular complexity index is 1780. The summed E-state index contributed by atoms with van der Waals surface area (Å²) >= 11 is 0. The molecule has 1 atom stereocenters. The summed E-state index contributed by atoms with van der Waals surface area (Å²) in [7, 11) is 1.35. The number of aromatic nitrogens is 1. The van der Waals surface area contributed by atoms with E-state index in [4.69, 9.17) is 9.47 Å². The van der Waals surface area contributed by atoms with Crippen LogP contribution in [0.25, 0.3) is 0 Å². The molecule has 5 aromatic rings. The fourth-order valence-corrected chi connectivity index (χ4v) is 5.53. The minimum Gasteiger partial charge on any atom is -0.494 e. The number of ketones is 1. The minimum atomic E-state index is -0.715. The van der Waals surface area contributed by atoms with Crippen LogP contribution < -0.4 is 10.1 Å². The fourth-order valence-electron chi connectivity index (χ4n) is 5.53. The van der Waals surface area contributed by atoms with Crippen LogP contribution in [0.3, 0.4) is 0 Å². The molecule has 1 heterocycles. The van der Waals surface area contributed by atoms with Crippen molar-refractivity contribution in [2.24, 2.45) is 0 Å². The monoisotopic (exact) mass is 655 g/mol. The number of hydrogen-bond donors (Lipinski definition) is 1. The zero-order valence-corrected chi connectivity index (χ0v) is 27.7. The summed E-state index contributed by atoms with van der Waals surface area (Å²) in [4.78, 5) is 45.3. The van der Waals surface area contributed by atoms with E-state index in [9.17, 15) is 14.4 Å². The Balaban J connectivity index is 1.16. The van der Waals surface area contributed by atoms with Crippen molar-refractivity contribution in [3.05, 3.63) is 162 Å². The average molecular weight is 656 g/mol. The summed E-state index contributed by atoms with van der Waals surface area (Å²) in [6.07, 6.45) is 5.60. The Labute approximate surface area is 287 Å². The van der Waals surface area contributed by atoms with Crippen LogP contribution in [0.15, 0.2) is 134 Å². The summed E-state index contributed by atoms with van der Waals surface area (Å²) < 4.78 is 11.1.